The van der Waals surface area contributed by atoms with Crippen molar-refractivity contribution in [1.82, 2.24) is 5.32 Å². The van der Waals surface area contributed by atoms with Crippen LogP contribution in [0.1, 0.15) is 5.56 Å². The molecule has 1 amide bonds. The van der Waals surface area contributed by atoms with E-state index in [1.165, 1.54) is 18.2 Å². The molecule has 2 N–H and O–H groups in total. The number of nitrogens with one attached hydrogen (secondary N) is 1. The van der Waals surface area contributed by atoms with Crippen molar-refractivity contribution in [2.45, 2.75) is 0 Å². The molecule has 0 saturated heterocycles. The molecule has 0 bridgehead atoms. The normalized spacial score (nSPS) is 10.4. The van der Waals surface area contributed by atoms with Crippen LogP contribution in [0.15, 0.2) is 30.0 Å². The molecule has 0 unspecified atom stereocenters. The van der Waals surface area contributed by atoms with Crippen LogP contribution in [0.3, 0.4) is 0 Å². The minimum Gasteiger partial charge on any atom is -0.508 e. The van der Waals surface area contributed by atoms with Gasteiger partial charge in [0.1, 0.15) is 17.5 Å². The Labute approximate surface area is 81.1 Å². The number of phenols is 1. The Morgan fingerprint density at radius 2 is 2.07 bits per heavy atom. The summed E-state index contributed by atoms with van der Waals surface area (Å²) in [4.78, 5) is 10.1. The Bertz CT molecular complexity index is 388. The summed E-state index contributed by atoms with van der Waals surface area (Å²) in [5, 5.41) is 19.8. The van der Waals surface area contributed by atoms with Crippen LogP contribution in [0.2, 0.25) is 0 Å². The molecule has 1 aromatic carbocycles. The fourth-order valence-electron chi connectivity index (χ4n) is 0.907. The number of rotatable bonds is 3. The maximum Gasteiger partial charge on any atom is 0.212 e. The molecule has 0 radical (unpaired) electrons. The second kappa shape index (κ2) is 4.67. The molecule has 1 aromatic rings. The Morgan fingerprint density at radius 3 is 2.57 bits per heavy atom. The summed E-state index contributed by atoms with van der Waals surface area (Å²) < 4.78 is 0. The molecule has 0 atom stereocenters. The van der Waals surface area contributed by atoms with E-state index in [2.05, 4.69) is 5.32 Å². The lowest BCUT2D eigenvalue weighted by atomic mass is 10.2. The van der Waals surface area contributed by atoms with E-state index in [-0.39, 0.29) is 11.4 Å². The Hall–Kier alpha value is -2.28. The number of nitriles is 1. The number of aromatic hydroxyl groups is 1. The van der Waals surface area contributed by atoms with Crippen molar-refractivity contribution in [2.75, 3.05) is 0 Å². The SMILES string of the molecule is N#C/C(=C\c1ccc(O)cc1)NC=O. The lowest BCUT2D eigenvalue weighted by Crippen LogP contribution is -2.07. The van der Waals surface area contributed by atoms with Crippen LogP contribution >= 0.6 is 0 Å². The second-order valence-corrected chi connectivity index (χ2v) is 2.52. The van der Waals surface area contributed by atoms with Gasteiger partial charge < -0.3 is 10.4 Å². The van der Waals surface area contributed by atoms with Gasteiger partial charge in [0, 0.05) is 0 Å². The molecule has 14 heavy (non-hydrogen) atoms. The average Bonchev–Trinajstić information content (AvgIpc) is 2.20. The first-order chi connectivity index (χ1) is 6.76. The summed E-state index contributed by atoms with van der Waals surface area (Å²) in [6.45, 7) is 0. The van der Waals surface area contributed by atoms with Crippen molar-refractivity contribution in [3.63, 3.8) is 0 Å². The molecule has 0 aliphatic heterocycles. The van der Waals surface area contributed by atoms with Crippen LogP contribution in [0.25, 0.3) is 6.08 Å². The highest BCUT2D eigenvalue weighted by Gasteiger charge is 1.94. The molecule has 4 heteroatoms. The molecule has 0 aliphatic carbocycles. The number of hydrogen-bond donors (Lipinski definition) is 2. The second-order valence-electron chi connectivity index (χ2n) is 2.52. The van der Waals surface area contributed by atoms with Crippen LogP contribution in [0, 0.1) is 11.3 Å². The summed E-state index contributed by atoms with van der Waals surface area (Å²) in [6.07, 6.45) is 1.95. The lowest BCUT2D eigenvalue weighted by molar-refractivity contribution is -0.108. The van der Waals surface area contributed by atoms with Gasteiger partial charge in [-0.15, -0.1) is 0 Å². The van der Waals surface area contributed by atoms with Crippen LogP contribution in [0.5, 0.6) is 5.75 Å². The minimum absolute atomic E-state index is 0.156. The number of nitrogens with zero attached hydrogens (tertiary/aromatic N) is 1. The molecule has 70 valence electrons. The quantitative estimate of drug-likeness (QED) is 0.549. The van der Waals surface area contributed by atoms with E-state index >= 15 is 0 Å². The van der Waals surface area contributed by atoms with Crippen molar-refractivity contribution >= 4 is 12.5 Å². The summed E-state index contributed by atoms with van der Waals surface area (Å²) >= 11 is 0. The molecule has 1 rings (SSSR count). The first-order valence-corrected chi connectivity index (χ1v) is 3.87. The molecule has 0 heterocycles. The predicted molar refractivity (Wildman–Crippen MR) is 50.9 cm³/mol. The van der Waals surface area contributed by atoms with Crippen molar-refractivity contribution in [3.05, 3.63) is 35.5 Å². The third-order valence-electron chi connectivity index (χ3n) is 1.54. The van der Waals surface area contributed by atoms with Crippen molar-refractivity contribution in [2.24, 2.45) is 0 Å². The summed E-state index contributed by atoms with van der Waals surface area (Å²) in [5.74, 6) is 0.156. The summed E-state index contributed by atoms with van der Waals surface area (Å²) in [6, 6.07) is 8.10. The van der Waals surface area contributed by atoms with Gasteiger partial charge in [-0.25, -0.2) is 0 Å². The largest absolute Gasteiger partial charge is 0.508 e. The van der Waals surface area contributed by atoms with Gasteiger partial charge in [0.15, 0.2) is 0 Å². The maximum absolute atomic E-state index is 10.1. The lowest BCUT2D eigenvalue weighted by Gasteiger charge is -1.96. The number of phenolic OH excluding ortho intramolecular Hbond substituents is 1. The van der Waals surface area contributed by atoms with Gasteiger partial charge in [-0.05, 0) is 23.8 Å². The first-order valence-electron chi connectivity index (χ1n) is 3.87. The molecule has 0 saturated carbocycles. The van der Waals surface area contributed by atoms with E-state index in [1.54, 1.807) is 12.1 Å². The zero-order chi connectivity index (χ0) is 10.4. The van der Waals surface area contributed by atoms with Crippen molar-refractivity contribution in [1.29, 1.82) is 5.26 Å². The highest BCUT2D eigenvalue weighted by atomic mass is 16.3. The number of amides is 1. The van der Waals surface area contributed by atoms with Gasteiger partial charge in [0.05, 0.1) is 0 Å². The van der Waals surface area contributed by atoms with E-state index in [0.29, 0.717) is 6.41 Å². The standard InChI is InChI=1S/C10H8N2O2/c11-6-9(12-7-13)5-8-1-3-10(14)4-2-8/h1-5,7,14H,(H,12,13)/b9-5+. The Morgan fingerprint density at radius 1 is 1.43 bits per heavy atom. The third-order valence-corrected chi connectivity index (χ3v) is 1.54. The average molecular weight is 188 g/mol. The molecule has 4 nitrogen and oxygen atoms in total. The monoisotopic (exact) mass is 188 g/mol. The smallest absolute Gasteiger partial charge is 0.212 e. The van der Waals surface area contributed by atoms with Gasteiger partial charge >= 0.3 is 0 Å². The van der Waals surface area contributed by atoms with Crippen molar-refractivity contribution < 1.29 is 9.90 Å². The van der Waals surface area contributed by atoms with Crippen LogP contribution < -0.4 is 5.32 Å². The van der Waals surface area contributed by atoms with Gasteiger partial charge in [-0.2, -0.15) is 5.26 Å². The van der Waals surface area contributed by atoms with E-state index in [1.807, 2.05) is 6.07 Å². The molecule has 0 fully saturated rings. The predicted octanol–water partition coefficient (Wildman–Crippen LogP) is 1.00. The topological polar surface area (TPSA) is 73.1 Å². The van der Waals surface area contributed by atoms with Gasteiger partial charge in [0.25, 0.3) is 0 Å². The summed E-state index contributed by atoms with van der Waals surface area (Å²) in [7, 11) is 0. The zero-order valence-corrected chi connectivity index (χ0v) is 7.27. The number of carbonyl (C=O) groups excluding carboxylic acids is 1. The van der Waals surface area contributed by atoms with E-state index in [9.17, 15) is 4.79 Å². The minimum atomic E-state index is 0.156. The van der Waals surface area contributed by atoms with Gasteiger partial charge in [-0.1, -0.05) is 12.1 Å². The third kappa shape index (κ3) is 2.64. The molecular weight excluding hydrogens is 180 g/mol. The van der Waals surface area contributed by atoms with E-state index in [0.717, 1.165) is 5.56 Å². The van der Waals surface area contributed by atoms with Crippen LogP contribution in [-0.2, 0) is 4.79 Å². The van der Waals surface area contributed by atoms with Gasteiger partial charge in [-0.3, -0.25) is 4.79 Å². The highest BCUT2D eigenvalue weighted by Crippen LogP contribution is 2.11. The Kier molecular flexibility index (Phi) is 3.27. The fourth-order valence-corrected chi connectivity index (χ4v) is 0.907. The number of carbonyl (C=O) groups is 1. The highest BCUT2D eigenvalue weighted by molar-refractivity contribution is 5.63. The zero-order valence-electron chi connectivity index (χ0n) is 7.27. The fraction of sp³-hybridized carbons (Fsp3) is 0. The molecule has 0 aliphatic rings. The van der Waals surface area contributed by atoms with Crippen LogP contribution in [-0.4, -0.2) is 11.5 Å². The Balaban J connectivity index is 2.90. The number of hydrogen-bond acceptors (Lipinski definition) is 3. The molecular formula is C10H8N2O2. The van der Waals surface area contributed by atoms with E-state index < -0.39 is 0 Å². The van der Waals surface area contributed by atoms with Gasteiger partial charge in [0.2, 0.25) is 6.41 Å². The van der Waals surface area contributed by atoms with Crippen LogP contribution in [0.4, 0.5) is 0 Å². The molecule has 0 aromatic heterocycles. The maximum atomic E-state index is 10.1. The molecule has 0 spiro atoms. The summed E-state index contributed by atoms with van der Waals surface area (Å²) in [5.41, 5.74) is 0.888. The first kappa shape index (κ1) is 9.81. The number of allylic oxidation sites excluding steroid dienone is 1. The van der Waals surface area contributed by atoms with Crippen molar-refractivity contribution in [3.8, 4) is 11.8 Å². The number of benzene rings is 1. The van der Waals surface area contributed by atoms with E-state index in [4.69, 9.17) is 10.4 Å².